The van der Waals surface area contributed by atoms with Gasteiger partial charge in [-0.1, -0.05) is 45.4 Å². The Balaban J connectivity index is 3.31. The summed E-state index contributed by atoms with van der Waals surface area (Å²) in [6, 6.07) is 0. The van der Waals surface area contributed by atoms with Crippen molar-refractivity contribution in [3.63, 3.8) is 0 Å². The smallest absolute Gasteiger partial charge is 0.220 e. The summed E-state index contributed by atoms with van der Waals surface area (Å²) < 4.78 is 9.99. The Hall–Kier alpha value is -0.610. The van der Waals surface area contributed by atoms with Gasteiger partial charge in [-0.2, -0.15) is 0 Å². The van der Waals surface area contributed by atoms with Crippen LogP contribution in [0.25, 0.3) is 0 Å². The van der Waals surface area contributed by atoms with Crippen molar-refractivity contribution in [1.82, 2.24) is 5.32 Å². The van der Waals surface area contributed by atoms with Gasteiger partial charge in [-0.3, -0.25) is 4.79 Å². The third kappa shape index (κ3) is 10.5. The van der Waals surface area contributed by atoms with Gasteiger partial charge < -0.3 is 14.8 Å². The predicted molar refractivity (Wildman–Crippen MR) is 73.4 cm³/mol. The average Bonchev–Trinajstić information content (AvgIpc) is 2.39. The minimum atomic E-state index is -0.344. The lowest BCUT2D eigenvalue weighted by atomic mass is 10.1. The molecule has 4 nitrogen and oxygen atoms in total. The van der Waals surface area contributed by atoms with Crippen LogP contribution in [0.5, 0.6) is 0 Å². The molecule has 0 bridgehead atoms. The summed E-state index contributed by atoms with van der Waals surface area (Å²) >= 11 is 0. The number of amides is 1. The van der Waals surface area contributed by atoms with Gasteiger partial charge in [0, 0.05) is 20.6 Å². The first-order chi connectivity index (χ1) is 8.74. The number of unbranched alkanes of at least 4 members (excludes halogenated alkanes) is 6. The minimum absolute atomic E-state index is 0.0858. The third-order valence-corrected chi connectivity index (χ3v) is 3.00. The fraction of sp³-hybridized carbons (Fsp3) is 0.929. The van der Waals surface area contributed by atoms with Crippen molar-refractivity contribution in [2.45, 2.75) is 64.6 Å². The van der Waals surface area contributed by atoms with Crippen LogP contribution in [0.1, 0.15) is 58.3 Å². The molecule has 108 valence electrons. The van der Waals surface area contributed by atoms with E-state index in [1.165, 1.54) is 32.1 Å². The largest absolute Gasteiger partial charge is 0.354 e. The molecule has 0 radical (unpaired) electrons. The van der Waals surface area contributed by atoms with Crippen LogP contribution in [0, 0.1) is 0 Å². The van der Waals surface area contributed by atoms with Gasteiger partial charge in [0.2, 0.25) is 5.91 Å². The second-order valence-electron chi connectivity index (χ2n) is 4.58. The van der Waals surface area contributed by atoms with Gasteiger partial charge in [0.1, 0.15) is 0 Å². The monoisotopic (exact) mass is 259 g/mol. The Morgan fingerprint density at radius 3 is 2.11 bits per heavy atom. The molecule has 0 fully saturated rings. The number of nitrogens with one attached hydrogen (secondary N) is 1. The van der Waals surface area contributed by atoms with Crippen LogP contribution in [0.15, 0.2) is 0 Å². The zero-order valence-corrected chi connectivity index (χ0v) is 12.2. The Morgan fingerprint density at radius 2 is 1.56 bits per heavy atom. The quantitative estimate of drug-likeness (QED) is 0.433. The van der Waals surface area contributed by atoms with E-state index in [2.05, 4.69) is 12.2 Å². The first-order valence-electron chi connectivity index (χ1n) is 7.06. The Bertz CT molecular complexity index is 193. The van der Waals surface area contributed by atoms with E-state index in [1.54, 1.807) is 14.2 Å². The zero-order valence-electron chi connectivity index (χ0n) is 12.2. The molecule has 1 amide bonds. The molecule has 0 unspecified atom stereocenters. The molecule has 0 saturated heterocycles. The maximum Gasteiger partial charge on any atom is 0.220 e. The van der Waals surface area contributed by atoms with Crippen molar-refractivity contribution in [2.24, 2.45) is 0 Å². The van der Waals surface area contributed by atoms with Gasteiger partial charge in [-0.25, -0.2) is 0 Å². The Kier molecular flexibility index (Phi) is 12.4. The van der Waals surface area contributed by atoms with E-state index in [1.807, 2.05) is 0 Å². The molecule has 0 spiro atoms. The average molecular weight is 259 g/mol. The highest BCUT2D eigenvalue weighted by Crippen LogP contribution is 2.08. The molecule has 0 aliphatic rings. The standard InChI is InChI=1S/C14H29NO3/c1-4-5-6-7-8-9-10-11-13(16)15-12-14(17-2)18-3/h14H,4-12H2,1-3H3,(H,15,16). The van der Waals surface area contributed by atoms with Crippen LogP contribution in [0.2, 0.25) is 0 Å². The molecular weight excluding hydrogens is 230 g/mol. The summed E-state index contributed by atoms with van der Waals surface area (Å²) in [4.78, 5) is 11.5. The first-order valence-corrected chi connectivity index (χ1v) is 7.06. The van der Waals surface area contributed by atoms with Crippen molar-refractivity contribution in [3.05, 3.63) is 0 Å². The van der Waals surface area contributed by atoms with Crippen molar-refractivity contribution in [2.75, 3.05) is 20.8 Å². The lowest BCUT2D eigenvalue weighted by Crippen LogP contribution is -2.33. The molecule has 0 aromatic carbocycles. The first kappa shape index (κ1) is 17.4. The molecule has 0 aromatic rings. The Labute approximate surface area is 111 Å². The van der Waals surface area contributed by atoms with Crippen LogP contribution in [-0.2, 0) is 14.3 Å². The fourth-order valence-electron chi connectivity index (χ4n) is 1.79. The van der Waals surface area contributed by atoms with Gasteiger partial charge in [-0.05, 0) is 6.42 Å². The predicted octanol–water partition coefficient (Wildman–Crippen LogP) is 2.86. The van der Waals surface area contributed by atoms with Crippen LogP contribution in [-0.4, -0.2) is 33.0 Å². The molecule has 0 heterocycles. The van der Waals surface area contributed by atoms with Gasteiger partial charge in [-0.15, -0.1) is 0 Å². The summed E-state index contributed by atoms with van der Waals surface area (Å²) in [6.45, 7) is 2.64. The van der Waals surface area contributed by atoms with E-state index in [0.717, 1.165) is 12.8 Å². The summed E-state index contributed by atoms with van der Waals surface area (Å²) in [5.41, 5.74) is 0. The molecule has 0 aromatic heterocycles. The number of ether oxygens (including phenoxy) is 2. The van der Waals surface area contributed by atoms with Crippen molar-refractivity contribution in [3.8, 4) is 0 Å². The van der Waals surface area contributed by atoms with Crippen LogP contribution < -0.4 is 5.32 Å². The molecular formula is C14H29NO3. The summed E-state index contributed by atoms with van der Waals surface area (Å²) in [7, 11) is 3.13. The van der Waals surface area contributed by atoms with Crippen molar-refractivity contribution >= 4 is 5.91 Å². The van der Waals surface area contributed by atoms with E-state index < -0.39 is 0 Å². The maximum absolute atomic E-state index is 11.5. The normalized spacial score (nSPS) is 10.9. The highest BCUT2D eigenvalue weighted by molar-refractivity contribution is 5.75. The highest BCUT2D eigenvalue weighted by Gasteiger charge is 2.07. The molecule has 1 N–H and O–H groups in total. The molecule has 0 rings (SSSR count). The second-order valence-corrected chi connectivity index (χ2v) is 4.58. The lowest BCUT2D eigenvalue weighted by Gasteiger charge is -2.13. The summed E-state index contributed by atoms with van der Waals surface area (Å²) in [6.07, 6.45) is 8.86. The molecule has 0 saturated carbocycles. The van der Waals surface area contributed by atoms with Crippen LogP contribution >= 0.6 is 0 Å². The molecule has 18 heavy (non-hydrogen) atoms. The zero-order chi connectivity index (χ0) is 13.6. The van der Waals surface area contributed by atoms with Gasteiger partial charge in [0.15, 0.2) is 6.29 Å². The van der Waals surface area contributed by atoms with E-state index in [-0.39, 0.29) is 12.2 Å². The SMILES string of the molecule is CCCCCCCCCC(=O)NCC(OC)OC. The van der Waals surface area contributed by atoms with Gasteiger partial charge in [0.25, 0.3) is 0 Å². The van der Waals surface area contributed by atoms with Crippen molar-refractivity contribution < 1.29 is 14.3 Å². The lowest BCUT2D eigenvalue weighted by molar-refractivity contribution is -0.127. The number of hydrogen-bond donors (Lipinski definition) is 1. The Morgan fingerprint density at radius 1 is 1.00 bits per heavy atom. The fourth-order valence-corrected chi connectivity index (χ4v) is 1.79. The third-order valence-electron chi connectivity index (χ3n) is 3.00. The van der Waals surface area contributed by atoms with Crippen LogP contribution in [0.3, 0.4) is 0 Å². The van der Waals surface area contributed by atoms with E-state index >= 15 is 0 Å². The number of methoxy groups -OCH3 is 2. The number of carbonyl (C=O) groups excluding carboxylic acids is 1. The molecule has 0 aliphatic heterocycles. The van der Waals surface area contributed by atoms with Gasteiger partial charge >= 0.3 is 0 Å². The number of rotatable bonds is 12. The maximum atomic E-state index is 11.5. The van der Waals surface area contributed by atoms with E-state index in [9.17, 15) is 4.79 Å². The van der Waals surface area contributed by atoms with E-state index in [0.29, 0.717) is 13.0 Å². The molecule has 0 aliphatic carbocycles. The number of hydrogen-bond acceptors (Lipinski definition) is 3. The van der Waals surface area contributed by atoms with Crippen LogP contribution in [0.4, 0.5) is 0 Å². The topological polar surface area (TPSA) is 47.6 Å². The van der Waals surface area contributed by atoms with E-state index in [4.69, 9.17) is 9.47 Å². The second kappa shape index (κ2) is 12.8. The highest BCUT2D eigenvalue weighted by atomic mass is 16.7. The summed E-state index contributed by atoms with van der Waals surface area (Å²) in [5, 5.41) is 2.81. The molecule has 4 heteroatoms. The summed E-state index contributed by atoms with van der Waals surface area (Å²) in [5.74, 6) is 0.0858. The number of carbonyl (C=O) groups is 1. The van der Waals surface area contributed by atoms with Gasteiger partial charge in [0.05, 0.1) is 6.54 Å². The molecule has 0 atom stereocenters. The minimum Gasteiger partial charge on any atom is -0.354 e. The van der Waals surface area contributed by atoms with Crippen molar-refractivity contribution in [1.29, 1.82) is 0 Å².